The molecule has 2 aliphatic heterocycles. The Morgan fingerprint density at radius 1 is 1.11 bits per heavy atom. The van der Waals surface area contributed by atoms with E-state index in [9.17, 15) is 5.11 Å². The lowest BCUT2D eigenvalue weighted by Gasteiger charge is -2.27. The molecule has 9 nitrogen and oxygen atoms in total. The number of nitrogens with one attached hydrogen (secondary N) is 2. The lowest BCUT2D eigenvalue weighted by molar-refractivity contribution is -0.0195. The first kappa shape index (κ1) is 25.8. The average Bonchev–Trinajstić information content (AvgIpc) is 3.56. The Kier molecular flexibility index (Phi) is 8.78. The van der Waals surface area contributed by atoms with Gasteiger partial charge in [0.15, 0.2) is 11.5 Å². The number of hydrogen-bond acceptors (Lipinski definition) is 8. The number of fused-ring (bicyclic) bond motifs is 1. The fourth-order valence-corrected chi connectivity index (χ4v) is 5.11. The maximum Gasteiger partial charge on any atom is 0.206 e. The van der Waals surface area contributed by atoms with Gasteiger partial charge in [0, 0.05) is 39.3 Å². The molecule has 0 spiro atoms. The molecule has 37 heavy (non-hydrogen) atoms. The van der Waals surface area contributed by atoms with Crippen molar-refractivity contribution in [2.45, 2.75) is 45.1 Å². The summed E-state index contributed by atoms with van der Waals surface area (Å²) in [5.41, 5.74) is 3.02. The monoisotopic (exact) mass is 509 g/mol. The maximum atomic E-state index is 9.55. The van der Waals surface area contributed by atoms with E-state index in [0.717, 1.165) is 86.0 Å². The quantitative estimate of drug-likeness (QED) is 0.320. The van der Waals surface area contributed by atoms with Crippen LogP contribution in [0.4, 0.5) is 5.95 Å². The summed E-state index contributed by atoms with van der Waals surface area (Å²) >= 11 is 0. The summed E-state index contributed by atoms with van der Waals surface area (Å²) in [4.78, 5) is 7.32. The molecule has 0 aliphatic carbocycles. The lowest BCUT2D eigenvalue weighted by atomic mass is 10.2. The fourth-order valence-electron chi connectivity index (χ4n) is 5.11. The summed E-state index contributed by atoms with van der Waals surface area (Å²) in [7, 11) is 0. The van der Waals surface area contributed by atoms with E-state index in [1.165, 1.54) is 0 Å². The van der Waals surface area contributed by atoms with Crippen LogP contribution in [-0.2, 0) is 11.3 Å². The van der Waals surface area contributed by atoms with E-state index in [2.05, 4.69) is 38.3 Å². The van der Waals surface area contributed by atoms with Gasteiger partial charge in [0.25, 0.3) is 0 Å². The largest absolute Gasteiger partial charge is 0.490 e. The van der Waals surface area contributed by atoms with Gasteiger partial charge in [0.2, 0.25) is 5.95 Å². The van der Waals surface area contributed by atoms with Crippen molar-refractivity contribution in [3.8, 4) is 11.5 Å². The third-order valence-corrected chi connectivity index (χ3v) is 7.02. The number of ether oxygens (including phenoxy) is 3. The molecule has 9 heteroatoms. The van der Waals surface area contributed by atoms with Gasteiger partial charge >= 0.3 is 0 Å². The Morgan fingerprint density at radius 2 is 1.97 bits per heavy atom. The number of imidazole rings is 1. The number of piperazine rings is 1. The molecule has 2 aromatic carbocycles. The maximum absolute atomic E-state index is 9.55. The van der Waals surface area contributed by atoms with Crippen molar-refractivity contribution in [1.82, 2.24) is 19.8 Å². The Hall–Kier alpha value is -2.85. The highest BCUT2D eigenvalue weighted by Gasteiger charge is 2.29. The molecular weight excluding hydrogens is 470 g/mol. The molecule has 200 valence electrons. The molecule has 0 saturated carbocycles. The third kappa shape index (κ3) is 6.35. The molecule has 3 heterocycles. The van der Waals surface area contributed by atoms with E-state index >= 15 is 0 Å². The van der Waals surface area contributed by atoms with E-state index in [4.69, 9.17) is 19.2 Å². The number of anilines is 1. The summed E-state index contributed by atoms with van der Waals surface area (Å²) in [6.45, 7) is 9.23. The van der Waals surface area contributed by atoms with Gasteiger partial charge in [-0.2, -0.15) is 0 Å². The van der Waals surface area contributed by atoms with Crippen molar-refractivity contribution in [2.75, 3.05) is 57.9 Å². The van der Waals surface area contributed by atoms with Gasteiger partial charge in [0.1, 0.15) is 6.23 Å². The van der Waals surface area contributed by atoms with Crippen molar-refractivity contribution < 1.29 is 19.3 Å². The minimum absolute atomic E-state index is 0.0378. The number of aromatic nitrogens is 2. The van der Waals surface area contributed by atoms with Crippen molar-refractivity contribution in [3.05, 3.63) is 48.0 Å². The van der Waals surface area contributed by atoms with Gasteiger partial charge in [-0.25, -0.2) is 4.98 Å². The van der Waals surface area contributed by atoms with Crippen LogP contribution in [0.5, 0.6) is 11.5 Å². The van der Waals surface area contributed by atoms with E-state index in [-0.39, 0.29) is 18.9 Å². The molecule has 2 aliphatic rings. The highest BCUT2D eigenvalue weighted by atomic mass is 16.5. The van der Waals surface area contributed by atoms with Crippen molar-refractivity contribution in [3.63, 3.8) is 0 Å². The van der Waals surface area contributed by atoms with Crippen molar-refractivity contribution in [2.24, 2.45) is 0 Å². The number of nitrogens with zero attached hydrogens (tertiary/aromatic N) is 3. The number of hydrogen-bond donors (Lipinski definition) is 3. The molecule has 0 unspecified atom stereocenters. The second kappa shape index (κ2) is 12.6. The van der Waals surface area contributed by atoms with E-state index in [0.29, 0.717) is 19.8 Å². The third-order valence-electron chi connectivity index (χ3n) is 7.02. The molecule has 1 aromatic heterocycles. The Labute approximate surface area is 218 Å². The Morgan fingerprint density at radius 3 is 2.78 bits per heavy atom. The van der Waals surface area contributed by atoms with Gasteiger partial charge in [-0.3, -0.25) is 4.57 Å². The topological polar surface area (TPSA) is 93.0 Å². The van der Waals surface area contributed by atoms with Gasteiger partial charge in [-0.1, -0.05) is 18.2 Å². The SMILES string of the molecule is CCOc1ccc(CNc2nc3ccccc3n2[C@H]2CC[C@@H](CO)O2)cc1OCCCN1CCNCC1. The summed E-state index contributed by atoms with van der Waals surface area (Å²) in [5.74, 6) is 2.31. The number of aliphatic hydroxyl groups excluding tert-OH is 1. The summed E-state index contributed by atoms with van der Waals surface area (Å²) in [6, 6.07) is 14.2. The molecule has 2 saturated heterocycles. The van der Waals surface area contributed by atoms with Gasteiger partial charge in [0.05, 0.1) is 37.0 Å². The van der Waals surface area contributed by atoms with Gasteiger partial charge in [-0.05, 0) is 56.0 Å². The number of para-hydroxylation sites is 2. The van der Waals surface area contributed by atoms with Gasteiger partial charge < -0.3 is 34.9 Å². The standard InChI is InChI=1S/C28H39N5O4/c1-2-35-25-10-8-21(18-26(25)36-17-5-14-32-15-12-29-13-16-32)19-30-28-31-23-6-3-4-7-24(23)33(28)27-11-9-22(20-34)37-27/h3-4,6-8,10,18,22,27,29,34H,2,5,9,11-17,19-20H2,1H3,(H,30,31)/t22-,27+/m0/s1. The van der Waals surface area contributed by atoms with E-state index in [1.54, 1.807) is 0 Å². The smallest absolute Gasteiger partial charge is 0.206 e. The first-order valence-electron chi connectivity index (χ1n) is 13.5. The van der Waals surface area contributed by atoms with Crippen LogP contribution in [0, 0.1) is 0 Å². The van der Waals surface area contributed by atoms with Crippen LogP contribution >= 0.6 is 0 Å². The second-order valence-electron chi connectivity index (χ2n) is 9.63. The first-order chi connectivity index (χ1) is 18.2. The zero-order valence-electron chi connectivity index (χ0n) is 21.7. The molecule has 2 fully saturated rings. The number of rotatable bonds is 12. The first-order valence-corrected chi connectivity index (χ1v) is 13.5. The van der Waals surface area contributed by atoms with Crippen molar-refractivity contribution >= 4 is 17.0 Å². The van der Waals surface area contributed by atoms with Gasteiger partial charge in [-0.15, -0.1) is 0 Å². The molecule has 3 N–H and O–H groups in total. The van der Waals surface area contributed by atoms with Crippen LogP contribution in [0.2, 0.25) is 0 Å². The normalized spacial score (nSPS) is 20.4. The summed E-state index contributed by atoms with van der Waals surface area (Å²) in [5, 5.41) is 16.5. The van der Waals surface area contributed by atoms with Crippen LogP contribution < -0.4 is 20.1 Å². The Balaban J connectivity index is 1.26. The number of benzene rings is 2. The van der Waals surface area contributed by atoms with E-state index < -0.39 is 0 Å². The highest BCUT2D eigenvalue weighted by Crippen LogP contribution is 2.35. The molecule has 5 rings (SSSR count). The predicted octanol–water partition coefficient (Wildman–Crippen LogP) is 3.39. The molecule has 3 aromatic rings. The molecule has 0 bridgehead atoms. The second-order valence-corrected chi connectivity index (χ2v) is 9.63. The average molecular weight is 510 g/mol. The molecule has 0 radical (unpaired) electrons. The fraction of sp³-hybridized carbons (Fsp3) is 0.536. The minimum atomic E-state index is -0.151. The van der Waals surface area contributed by atoms with Crippen LogP contribution in [0.25, 0.3) is 11.0 Å². The highest BCUT2D eigenvalue weighted by molar-refractivity contribution is 5.78. The summed E-state index contributed by atoms with van der Waals surface area (Å²) in [6.07, 6.45) is 2.38. The van der Waals surface area contributed by atoms with Crippen LogP contribution in [0.3, 0.4) is 0 Å². The zero-order chi connectivity index (χ0) is 25.5. The van der Waals surface area contributed by atoms with Crippen LogP contribution in [0.1, 0.15) is 38.0 Å². The summed E-state index contributed by atoms with van der Waals surface area (Å²) < 4.78 is 20.2. The predicted molar refractivity (Wildman–Crippen MR) is 144 cm³/mol. The van der Waals surface area contributed by atoms with Crippen LogP contribution in [-0.4, -0.2) is 78.2 Å². The Bertz CT molecular complexity index is 1150. The molecular formula is C28H39N5O4. The van der Waals surface area contributed by atoms with Crippen molar-refractivity contribution in [1.29, 1.82) is 0 Å². The van der Waals surface area contributed by atoms with E-state index in [1.807, 2.05) is 31.2 Å². The molecule has 2 atom stereocenters. The van der Waals surface area contributed by atoms with Crippen LogP contribution in [0.15, 0.2) is 42.5 Å². The zero-order valence-corrected chi connectivity index (χ0v) is 21.7. The minimum Gasteiger partial charge on any atom is -0.490 e. The number of aliphatic hydroxyl groups is 1. The lowest BCUT2D eigenvalue weighted by Crippen LogP contribution is -2.43. The molecule has 0 amide bonds.